The molecule has 3 aromatic carbocycles. The Morgan fingerprint density at radius 1 is 0.938 bits per heavy atom. The first-order valence-electron chi connectivity index (χ1n) is 9.68. The fourth-order valence-electron chi connectivity index (χ4n) is 3.20. The monoisotopic (exact) mass is 454 g/mol. The van der Waals surface area contributed by atoms with Gasteiger partial charge in [-0.2, -0.15) is 0 Å². The highest BCUT2D eigenvalue weighted by Gasteiger charge is 2.16. The maximum absolute atomic E-state index is 13.6. The molecule has 10 heteroatoms. The average Bonchev–Trinajstić information content (AvgIpc) is 3.14. The standard InChI is InChI=1S/C22H19FN4O4S/c23-18-4-2-1-3-14(18)11-12-24-21(28)15-5-7-16(8-6-15)27-32(30,31)17-9-10-19-20(13-17)26-22(29)25-19/h1-10,13,27H,11-12H2,(H,24,28)(H2,25,26,29). The Kier molecular flexibility index (Phi) is 5.78. The van der Waals surface area contributed by atoms with Gasteiger partial charge in [-0.3, -0.25) is 9.52 Å². The molecule has 1 amide bonds. The minimum atomic E-state index is -3.90. The fraction of sp³-hybridized carbons (Fsp3) is 0.0909. The molecular weight excluding hydrogens is 435 g/mol. The fourth-order valence-corrected chi connectivity index (χ4v) is 4.28. The van der Waals surface area contributed by atoms with Crippen molar-refractivity contribution in [2.75, 3.05) is 11.3 Å². The number of sulfonamides is 1. The topological polar surface area (TPSA) is 124 Å². The zero-order valence-corrected chi connectivity index (χ0v) is 17.5. The Morgan fingerprint density at radius 3 is 2.41 bits per heavy atom. The summed E-state index contributed by atoms with van der Waals surface area (Å²) in [4.78, 5) is 28.7. The number of aromatic nitrogens is 2. The predicted octanol–water partition coefficient (Wildman–Crippen LogP) is 2.77. The molecule has 0 saturated carbocycles. The SMILES string of the molecule is O=C(NCCc1ccccc1F)c1ccc(NS(=O)(=O)c2ccc3[nH]c(=O)[nH]c3c2)cc1. The number of nitrogens with one attached hydrogen (secondary N) is 4. The molecule has 32 heavy (non-hydrogen) atoms. The van der Waals surface area contributed by atoms with E-state index in [1.165, 1.54) is 48.5 Å². The van der Waals surface area contributed by atoms with Crippen LogP contribution in [0.2, 0.25) is 0 Å². The first kappa shape index (κ1) is 21.3. The van der Waals surface area contributed by atoms with Gasteiger partial charge in [-0.15, -0.1) is 0 Å². The molecule has 4 N–H and O–H groups in total. The lowest BCUT2D eigenvalue weighted by Gasteiger charge is -2.10. The highest BCUT2D eigenvalue weighted by molar-refractivity contribution is 7.92. The largest absolute Gasteiger partial charge is 0.352 e. The average molecular weight is 454 g/mol. The van der Waals surface area contributed by atoms with Crippen LogP contribution in [0.15, 0.2) is 76.4 Å². The highest BCUT2D eigenvalue weighted by atomic mass is 32.2. The molecule has 0 saturated heterocycles. The van der Waals surface area contributed by atoms with Crippen molar-refractivity contribution in [3.8, 4) is 0 Å². The summed E-state index contributed by atoms with van der Waals surface area (Å²) in [5.41, 5.74) is 1.58. The number of halogens is 1. The number of imidazole rings is 1. The summed E-state index contributed by atoms with van der Waals surface area (Å²) in [7, 11) is -3.90. The molecule has 0 bridgehead atoms. The molecule has 164 valence electrons. The molecule has 0 aliphatic rings. The van der Waals surface area contributed by atoms with Gasteiger partial charge in [-0.25, -0.2) is 17.6 Å². The number of carbonyl (C=O) groups excluding carboxylic acids is 1. The van der Waals surface area contributed by atoms with Crippen LogP contribution in [-0.2, 0) is 16.4 Å². The number of aromatic amines is 2. The molecule has 0 spiro atoms. The van der Waals surface area contributed by atoms with Gasteiger partial charge >= 0.3 is 5.69 Å². The van der Waals surface area contributed by atoms with E-state index in [1.807, 2.05) is 0 Å². The number of fused-ring (bicyclic) bond motifs is 1. The number of H-pyrrole nitrogens is 2. The second kappa shape index (κ2) is 8.67. The number of anilines is 1. The van der Waals surface area contributed by atoms with Crippen LogP contribution in [0.25, 0.3) is 11.0 Å². The van der Waals surface area contributed by atoms with Gasteiger partial charge in [0.1, 0.15) is 5.82 Å². The van der Waals surface area contributed by atoms with Crippen molar-refractivity contribution < 1.29 is 17.6 Å². The predicted molar refractivity (Wildman–Crippen MR) is 119 cm³/mol. The molecule has 4 aromatic rings. The van der Waals surface area contributed by atoms with Gasteiger partial charge in [-0.05, 0) is 60.5 Å². The van der Waals surface area contributed by atoms with Crippen molar-refractivity contribution in [2.45, 2.75) is 11.3 Å². The number of hydrogen-bond acceptors (Lipinski definition) is 4. The second-order valence-corrected chi connectivity index (χ2v) is 8.75. The van der Waals surface area contributed by atoms with Gasteiger partial charge < -0.3 is 15.3 Å². The van der Waals surface area contributed by atoms with Gasteiger partial charge in [0.2, 0.25) is 0 Å². The van der Waals surface area contributed by atoms with Crippen LogP contribution < -0.4 is 15.7 Å². The van der Waals surface area contributed by atoms with Crippen molar-refractivity contribution in [1.29, 1.82) is 0 Å². The van der Waals surface area contributed by atoms with Crippen LogP contribution in [0.3, 0.4) is 0 Å². The van der Waals surface area contributed by atoms with Crippen molar-refractivity contribution in [3.05, 3.63) is 94.2 Å². The minimum Gasteiger partial charge on any atom is -0.352 e. The normalized spacial score (nSPS) is 11.4. The lowest BCUT2D eigenvalue weighted by molar-refractivity contribution is 0.0954. The second-order valence-electron chi connectivity index (χ2n) is 7.07. The van der Waals surface area contributed by atoms with E-state index in [1.54, 1.807) is 18.2 Å². The number of rotatable bonds is 7. The molecular formula is C22H19FN4O4S. The third kappa shape index (κ3) is 4.70. The molecule has 0 atom stereocenters. The Balaban J connectivity index is 1.39. The molecule has 1 heterocycles. The third-order valence-electron chi connectivity index (χ3n) is 4.83. The quantitative estimate of drug-likeness (QED) is 0.343. The van der Waals surface area contributed by atoms with E-state index >= 15 is 0 Å². The summed E-state index contributed by atoms with van der Waals surface area (Å²) in [6, 6.07) is 16.5. The van der Waals surface area contributed by atoms with E-state index < -0.39 is 15.7 Å². The van der Waals surface area contributed by atoms with Crippen LogP contribution in [0.5, 0.6) is 0 Å². The molecule has 0 radical (unpaired) electrons. The molecule has 0 fully saturated rings. The molecule has 4 rings (SSSR count). The van der Waals surface area contributed by atoms with E-state index in [-0.39, 0.29) is 28.9 Å². The molecule has 0 aliphatic carbocycles. The summed E-state index contributed by atoms with van der Waals surface area (Å²) >= 11 is 0. The van der Waals surface area contributed by atoms with Crippen LogP contribution in [0.4, 0.5) is 10.1 Å². The van der Waals surface area contributed by atoms with E-state index in [4.69, 9.17) is 0 Å². The highest BCUT2D eigenvalue weighted by Crippen LogP contribution is 2.19. The van der Waals surface area contributed by atoms with Crippen molar-refractivity contribution in [3.63, 3.8) is 0 Å². The smallest absolute Gasteiger partial charge is 0.323 e. The zero-order chi connectivity index (χ0) is 22.7. The summed E-state index contributed by atoms with van der Waals surface area (Å²) in [6.45, 7) is 0.262. The van der Waals surface area contributed by atoms with E-state index in [0.717, 1.165) is 0 Å². The summed E-state index contributed by atoms with van der Waals surface area (Å²) < 4.78 is 41.4. The number of hydrogen-bond donors (Lipinski definition) is 4. The number of carbonyl (C=O) groups is 1. The zero-order valence-electron chi connectivity index (χ0n) is 16.7. The van der Waals surface area contributed by atoms with Gasteiger partial charge in [0.15, 0.2) is 0 Å². The summed E-state index contributed by atoms with van der Waals surface area (Å²) in [6.07, 6.45) is 0.354. The lowest BCUT2D eigenvalue weighted by atomic mass is 10.1. The third-order valence-corrected chi connectivity index (χ3v) is 6.21. The van der Waals surface area contributed by atoms with Crippen LogP contribution in [-0.4, -0.2) is 30.8 Å². The summed E-state index contributed by atoms with van der Waals surface area (Å²) in [5, 5.41) is 2.71. The Morgan fingerprint density at radius 2 is 1.66 bits per heavy atom. The van der Waals surface area contributed by atoms with E-state index in [0.29, 0.717) is 28.6 Å². The van der Waals surface area contributed by atoms with E-state index in [2.05, 4.69) is 20.0 Å². The molecule has 0 aliphatic heterocycles. The first-order valence-corrected chi connectivity index (χ1v) is 11.2. The van der Waals surface area contributed by atoms with Gasteiger partial charge in [0, 0.05) is 17.8 Å². The van der Waals surface area contributed by atoms with Crippen molar-refractivity contribution >= 4 is 32.7 Å². The van der Waals surface area contributed by atoms with Crippen LogP contribution in [0, 0.1) is 5.82 Å². The Labute approximate surface area is 182 Å². The van der Waals surface area contributed by atoms with Crippen molar-refractivity contribution in [1.82, 2.24) is 15.3 Å². The molecule has 1 aromatic heterocycles. The number of benzene rings is 3. The van der Waals surface area contributed by atoms with Crippen molar-refractivity contribution in [2.24, 2.45) is 0 Å². The minimum absolute atomic E-state index is 0.0183. The first-order chi connectivity index (χ1) is 15.3. The Hall–Kier alpha value is -3.92. The Bertz CT molecular complexity index is 1440. The van der Waals surface area contributed by atoms with Crippen LogP contribution >= 0.6 is 0 Å². The van der Waals surface area contributed by atoms with Crippen LogP contribution in [0.1, 0.15) is 15.9 Å². The van der Waals surface area contributed by atoms with Gasteiger partial charge in [0.05, 0.1) is 15.9 Å². The molecule has 8 nitrogen and oxygen atoms in total. The maximum atomic E-state index is 13.6. The summed E-state index contributed by atoms with van der Waals surface area (Å²) in [5.74, 6) is -0.669. The van der Waals surface area contributed by atoms with Gasteiger partial charge in [-0.1, -0.05) is 18.2 Å². The van der Waals surface area contributed by atoms with Gasteiger partial charge in [0.25, 0.3) is 15.9 Å². The maximum Gasteiger partial charge on any atom is 0.323 e. The lowest BCUT2D eigenvalue weighted by Crippen LogP contribution is -2.25. The number of amides is 1. The van der Waals surface area contributed by atoms with E-state index in [9.17, 15) is 22.4 Å². The molecule has 0 unspecified atom stereocenters.